The van der Waals surface area contributed by atoms with Crippen LogP contribution in [0, 0.1) is 0 Å². The summed E-state index contributed by atoms with van der Waals surface area (Å²) < 4.78 is 67.7. The maximum absolute atomic E-state index is 13.5. The Kier molecular flexibility index (Phi) is 11.6. The Hall–Kier alpha value is -2.88. The second kappa shape index (κ2) is 14.7. The number of nitrogens with one attached hydrogen (secondary N) is 1. The first-order chi connectivity index (χ1) is 19.0. The second-order valence-electron chi connectivity index (χ2n) is 9.44. The molecule has 1 atom stereocenters. The highest BCUT2D eigenvalue weighted by molar-refractivity contribution is 7.53. The molecule has 0 aromatic heterocycles. The minimum atomic E-state index is -4.40. The number of carbonyl (C=O) groups is 2. The van der Waals surface area contributed by atoms with E-state index in [4.69, 9.17) is 13.8 Å². The Balaban J connectivity index is 1.64. The van der Waals surface area contributed by atoms with Crippen molar-refractivity contribution >= 4 is 19.6 Å². The van der Waals surface area contributed by atoms with Crippen LogP contribution in [0.4, 0.5) is 18.0 Å². The summed E-state index contributed by atoms with van der Waals surface area (Å²) in [7, 11) is -3.47. The molecular weight excluding hydrogens is 548 g/mol. The van der Waals surface area contributed by atoms with Crippen LogP contribution in [0.2, 0.25) is 0 Å². The maximum Gasteiger partial charge on any atom is 0.416 e. The summed E-state index contributed by atoms with van der Waals surface area (Å²) in [4.78, 5) is 27.7. The van der Waals surface area contributed by atoms with Crippen molar-refractivity contribution in [3.05, 3.63) is 71.3 Å². The molecule has 2 amide bonds. The minimum Gasteiger partial charge on any atom is -0.445 e. The summed E-state index contributed by atoms with van der Waals surface area (Å²) in [5.41, 5.74) is 0.866. The molecule has 2 aromatic rings. The van der Waals surface area contributed by atoms with E-state index in [1.54, 1.807) is 30.9 Å². The molecule has 8 nitrogen and oxygen atoms in total. The number of nitrogens with zero attached hydrogens (tertiary/aromatic N) is 1. The monoisotopic (exact) mass is 584 g/mol. The van der Waals surface area contributed by atoms with Crippen molar-refractivity contribution in [1.29, 1.82) is 0 Å². The normalized spacial score (nSPS) is 15.5. The van der Waals surface area contributed by atoms with E-state index in [0.29, 0.717) is 25.9 Å². The standard InChI is InChI=1S/C28H36F3N2O6P/c1-3-38-40(36,39-4-2)19-16-25(32-27(35)37-20-21-8-6-5-7-9-21)26(34)33-17-14-23(15-18-33)22-10-12-24(13-11-22)28(29,30)31/h5-13,23,25H,3-4,14-20H2,1-2H3,(H,32,35)/t25-/m0/s1. The van der Waals surface area contributed by atoms with Crippen molar-refractivity contribution in [2.75, 3.05) is 32.5 Å². The molecule has 0 bridgehead atoms. The lowest BCUT2D eigenvalue weighted by Crippen LogP contribution is -2.51. The number of benzene rings is 2. The highest BCUT2D eigenvalue weighted by atomic mass is 31.2. The van der Waals surface area contributed by atoms with E-state index >= 15 is 0 Å². The van der Waals surface area contributed by atoms with Crippen molar-refractivity contribution in [3.63, 3.8) is 0 Å². The number of alkyl halides is 3. The molecule has 3 rings (SSSR count). The smallest absolute Gasteiger partial charge is 0.416 e. The van der Waals surface area contributed by atoms with E-state index in [-0.39, 0.29) is 44.2 Å². The van der Waals surface area contributed by atoms with E-state index in [1.807, 2.05) is 18.2 Å². The van der Waals surface area contributed by atoms with Crippen LogP contribution in [0.25, 0.3) is 0 Å². The molecule has 0 aliphatic carbocycles. The zero-order chi connectivity index (χ0) is 29.2. The van der Waals surface area contributed by atoms with Crippen molar-refractivity contribution < 1.29 is 41.1 Å². The predicted molar refractivity (Wildman–Crippen MR) is 144 cm³/mol. The maximum atomic E-state index is 13.5. The van der Waals surface area contributed by atoms with Gasteiger partial charge < -0.3 is 24.0 Å². The first-order valence-electron chi connectivity index (χ1n) is 13.4. The fourth-order valence-electron chi connectivity index (χ4n) is 4.61. The van der Waals surface area contributed by atoms with Gasteiger partial charge in [0.25, 0.3) is 0 Å². The average molecular weight is 585 g/mol. The first kappa shape index (κ1) is 31.6. The van der Waals surface area contributed by atoms with Crippen molar-refractivity contribution in [2.24, 2.45) is 0 Å². The van der Waals surface area contributed by atoms with Crippen molar-refractivity contribution in [2.45, 2.75) is 57.9 Å². The van der Waals surface area contributed by atoms with E-state index in [9.17, 15) is 27.3 Å². The zero-order valence-electron chi connectivity index (χ0n) is 22.7. The number of ether oxygens (including phenoxy) is 1. The van der Waals surface area contributed by atoms with Crippen LogP contribution in [0.5, 0.6) is 0 Å². The van der Waals surface area contributed by atoms with Crippen LogP contribution < -0.4 is 5.32 Å². The molecule has 1 saturated heterocycles. The van der Waals surface area contributed by atoms with Crippen LogP contribution >= 0.6 is 7.60 Å². The number of amides is 2. The van der Waals surface area contributed by atoms with Crippen molar-refractivity contribution in [3.8, 4) is 0 Å². The van der Waals surface area contributed by atoms with Gasteiger partial charge >= 0.3 is 19.9 Å². The van der Waals surface area contributed by atoms with E-state index in [2.05, 4.69) is 5.32 Å². The number of hydrogen-bond donors (Lipinski definition) is 1. The summed E-state index contributed by atoms with van der Waals surface area (Å²) in [6.45, 7) is 4.44. The molecule has 12 heteroatoms. The van der Waals surface area contributed by atoms with Gasteiger partial charge in [-0.2, -0.15) is 13.2 Å². The van der Waals surface area contributed by atoms with Gasteiger partial charge in [-0.15, -0.1) is 0 Å². The molecule has 1 aliphatic rings. The highest BCUT2D eigenvalue weighted by Gasteiger charge is 2.34. The first-order valence-corrected chi connectivity index (χ1v) is 15.1. The number of hydrogen-bond acceptors (Lipinski definition) is 6. The second-order valence-corrected chi connectivity index (χ2v) is 11.6. The van der Waals surface area contributed by atoms with Gasteiger partial charge in [-0.05, 0) is 62.3 Å². The number of piperidine rings is 1. The van der Waals surface area contributed by atoms with Crippen LogP contribution in [-0.2, 0) is 35.9 Å². The van der Waals surface area contributed by atoms with Crippen LogP contribution in [0.1, 0.15) is 55.7 Å². The molecule has 2 aromatic carbocycles. The number of carbonyl (C=O) groups excluding carboxylic acids is 2. The summed E-state index contributed by atoms with van der Waals surface area (Å²) >= 11 is 0. The average Bonchev–Trinajstić information content (AvgIpc) is 2.94. The van der Waals surface area contributed by atoms with Gasteiger partial charge in [0.15, 0.2) is 0 Å². The molecule has 0 spiro atoms. The number of alkyl carbamates (subject to hydrolysis) is 1. The quantitative estimate of drug-likeness (QED) is 0.292. The van der Waals surface area contributed by atoms with Gasteiger partial charge in [0.2, 0.25) is 5.91 Å². The van der Waals surface area contributed by atoms with Gasteiger partial charge in [-0.25, -0.2) is 4.79 Å². The molecule has 220 valence electrons. The third kappa shape index (κ3) is 9.35. The summed E-state index contributed by atoms with van der Waals surface area (Å²) in [6.07, 6.45) is -4.14. The van der Waals surface area contributed by atoms with Crippen LogP contribution in [-0.4, -0.2) is 55.4 Å². The summed E-state index contributed by atoms with van der Waals surface area (Å²) in [5.74, 6) is -0.355. The molecule has 0 radical (unpaired) electrons. The largest absolute Gasteiger partial charge is 0.445 e. The van der Waals surface area contributed by atoms with E-state index in [0.717, 1.165) is 23.3 Å². The van der Waals surface area contributed by atoms with E-state index < -0.39 is 31.5 Å². The minimum absolute atomic E-state index is 0.00436. The summed E-state index contributed by atoms with van der Waals surface area (Å²) in [5, 5.41) is 2.61. The van der Waals surface area contributed by atoms with Crippen LogP contribution in [0.15, 0.2) is 54.6 Å². The predicted octanol–water partition coefficient (Wildman–Crippen LogP) is 6.36. The Morgan fingerprint density at radius 3 is 2.15 bits per heavy atom. The lowest BCUT2D eigenvalue weighted by atomic mass is 9.88. The molecule has 40 heavy (non-hydrogen) atoms. The molecule has 0 saturated carbocycles. The molecular formula is C28H36F3N2O6P. The molecule has 1 aliphatic heterocycles. The zero-order valence-corrected chi connectivity index (χ0v) is 23.6. The Morgan fingerprint density at radius 2 is 1.60 bits per heavy atom. The lowest BCUT2D eigenvalue weighted by Gasteiger charge is -2.35. The van der Waals surface area contributed by atoms with E-state index in [1.165, 1.54) is 12.1 Å². The van der Waals surface area contributed by atoms with Gasteiger partial charge in [0.1, 0.15) is 12.6 Å². The van der Waals surface area contributed by atoms with Crippen LogP contribution in [0.3, 0.4) is 0 Å². The van der Waals surface area contributed by atoms with Gasteiger partial charge in [-0.1, -0.05) is 42.5 Å². The number of halogens is 3. The van der Waals surface area contributed by atoms with Gasteiger partial charge in [0.05, 0.1) is 24.9 Å². The SMILES string of the molecule is CCOP(=O)(CC[C@H](NC(=O)OCc1ccccc1)C(=O)N1CCC(c2ccc(C(F)(F)F)cc2)CC1)OCC. The lowest BCUT2D eigenvalue weighted by molar-refractivity contribution is -0.137. The Morgan fingerprint density at radius 1 is 1.00 bits per heavy atom. The fourth-order valence-corrected chi connectivity index (χ4v) is 6.30. The topological polar surface area (TPSA) is 94.2 Å². The summed E-state index contributed by atoms with van der Waals surface area (Å²) in [6, 6.07) is 13.2. The fraction of sp³-hybridized carbons (Fsp3) is 0.500. The third-order valence-corrected chi connectivity index (χ3v) is 8.77. The van der Waals surface area contributed by atoms with Gasteiger partial charge in [-0.3, -0.25) is 9.36 Å². The molecule has 1 heterocycles. The highest BCUT2D eigenvalue weighted by Crippen LogP contribution is 2.48. The molecule has 0 unspecified atom stereocenters. The van der Waals surface area contributed by atoms with Crippen molar-refractivity contribution in [1.82, 2.24) is 10.2 Å². The Labute approximate surface area is 232 Å². The Bertz CT molecular complexity index is 1130. The molecule has 1 N–H and O–H groups in total. The molecule has 1 fully saturated rings. The van der Waals surface area contributed by atoms with Gasteiger partial charge in [0, 0.05) is 13.1 Å². The number of rotatable bonds is 12. The third-order valence-electron chi connectivity index (χ3n) is 6.66. The number of likely N-dealkylation sites (tertiary alicyclic amines) is 1.